The van der Waals surface area contributed by atoms with Crippen molar-refractivity contribution < 1.29 is 18.0 Å². The highest BCUT2D eigenvalue weighted by Gasteiger charge is 2.32. The number of sulfonamides is 1. The van der Waals surface area contributed by atoms with E-state index in [1.807, 2.05) is 38.2 Å². The van der Waals surface area contributed by atoms with Crippen molar-refractivity contribution in [1.29, 1.82) is 0 Å². The SMILES string of the molecule is Bc1ccc(-n2nc3cc(N(CCCNC(=O)CCN)S(C)(=O)=O)c(C4CC4)cc3c2C(=O)NC)cc1. The minimum atomic E-state index is -3.62. The van der Waals surface area contributed by atoms with Gasteiger partial charge in [0.2, 0.25) is 15.9 Å². The highest BCUT2D eigenvalue weighted by Crippen LogP contribution is 2.46. The minimum Gasteiger partial charge on any atom is -0.356 e. The van der Waals surface area contributed by atoms with E-state index in [9.17, 15) is 18.0 Å². The Kier molecular flexibility index (Phi) is 7.89. The number of carbonyl (C=O) groups is 2. The number of nitrogens with two attached hydrogens (primary N) is 1. The van der Waals surface area contributed by atoms with E-state index in [1.165, 1.54) is 10.6 Å². The van der Waals surface area contributed by atoms with Crippen LogP contribution >= 0.6 is 0 Å². The Labute approximate surface area is 218 Å². The van der Waals surface area contributed by atoms with Crippen LogP contribution in [0.2, 0.25) is 0 Å². The molecule has 1 saturated carbocycles. The molecule has 4 rings (SSSR count). The van der Waals surface area contributed by atoms with Crippen LogP contribution < -0.4 is 26.1 Å². The lowest BCUT2D eigenvalue weighted by molar-refractivity contribution is -0.120. The maximum Gasteiger partial charge on any atom is 0.270 e. The molecule has 0 unspecified atom stereocenters. The van der Waals surface area contributed by atoms with Crippen LogP contribution in [0.15, 0.2) is 36.4 Å². The first-order valence-electron chi connectivity index (χ1n) is 12.4. The number of nitrogens with zero attached hydrogens (tertiary/aromatic N) is 3. The van der Waals surface area contributed by atoms with Gasteiger partial charge in [-0.15, -0.1) is 0 Å². The molecule has 1 aliphatic carbocycles. The predicted molar refractivity (Wildman–Crippen MR) is 148 cm³/mol. The molecule has 2 aromatic carbocycles. The van der Waals surface area contributed by atoms with Crippen LogP contribution in [0.5, 0.6) is 0 Å². The molecule has 1 aliphatic rings. The van der Waals surface area contributed by atoms with Gasteiger partial charge in [-0.25, -0.2) is 13.1 Å². The molecule has 1 fully saturated rings. The van der Waals surface area contributed by atoms with Crippen LogP contribution in [-0.2, 0) is 14.8 Å². The molecule has 0 aliphatic heterocycles. The first-order chi connectivity index (χ1) is 17.6. The smallest absolute Gasteiger partial charge is 0.270 e. The predicted octanol–water partition coefficient (Wildman–Crippen LogP) is 0.142. The van der Waals surface area contributed by atoms with Crippen molar-refractivity contribution in [1.82, 2.24) is 20.4 Å². The molecular formula is C25H33BN6O4S. The monoisotopic (exact) mass is 524 g/mol. The second kappa shape index (κ2) is 10.9. The van der Waals surface area contributed by atoms with E-state index < -0.39 is 10.0 Å². The lowest BCUT2D eigenvalue weighted by Gasteiger charge is -2.25. The zero-order valence-electron chi connectivity index (χ0n) is 21.5. The fourth-order valence-corrected chi connectivity index (χ4v) is 5.40. The Morgan fingerprint density at radius 2 is 1.92 bits per heavy atom. The standard InChI is InChI=1S/C25H33BN6O4S/c1-28-25(34)24-20-14-19(16-4-5-16)22(15-21(20)30-32(24)18-8-6-17(26)7-9-18)31(37(2,35)36)13-3-12-29-23(33)10-11-27/h6-9,14-16H,3-5,10-13,26-27H2,1-2H3,(H,28,34)(H,29,33). The Balaban J connectivity index is 1.78. The Morgan fingerprint density at radius 1 is 1.22 bits per heavy atom. The van der Waals surface area contributed by atoms with Crippen molar-refractivity contribution in [2.24, 2.45) is 5.73 Å². The third-order valence-corrected chi connectivity index (χ3v) is 7.64. The highest BCUT2D eigenvalue weighted by atomic mass is 32.2. The maximum absolute atomic E-state index is 13.0. The van der Waals surface area contributed by atoms with Gasteiger partial charge in [0, 0.05) is 38.5 Å². The summed E-state index contributed by atoms with van der Waals surface area (Å²) in [5.74, 6) is -0.212. The summed E-state index contributed by atoms with van der Waals surface area (Å²) < 4.78 is 28.8. The fraction of sp³-hybridized carbons (Fsp3) is 0.400. The number of carbonyl (C=O) groups excluding carboxylic acids is 2. The van der Waals surface area contributed by atoms with Crippen LogP contribution in [0.4, 0.5) is 5.69 Å². The first-order valence-corrected chi connectivity index (χ1v) is 14.3. The van der Waals surface area contributed by atoms with Gasteiger partial charge in [-0.2, -0.15) is 5.10 Å². The minimum absolute atomic E-state index is 0.156. The maximum atomic E-state index is 13.0. The second-order valence-electron chi connectivity index (χ2n) is 9.45. The van der Waals surface area contributed by atoms with Gasteiger partial charge in [0.05, 0.1) is 23.1 Å². The lowest BCUT2D eigenvalue weighted by Crippen LogP contribution is -2.34. The summed E-state index contributed by atoms with van der Waals surface area (Å²) in [5.41, 5.74) is 9.64. The van der Waals surface area contributed by atoms with Gasteiger partial charge in [-0.05, 0) is 55.0 Å². The van der Waals surface area contributed by atoms with E-state index in [0.717, 1.165) is 29.6 Å². The third-order valence-electron chi connectivity index (χ3n) is 6.46. The fourth-order valence-electron chi connectivity index (χ4n) is 4.42. The lowest BCUT2D eigenvalue weighted by atomic mass is 9.96. The largest absolute Gasteiger partial charge is 0.356 e. The number of amides is 2. The van der Waals surface area contributed by atoms with E-state index in [4.69, 9.17) is 10.8 Å². The molecule has 4 N–H and O–H groups in total. The van der Waals surface area contributed by atoms with Crippen LogP contribution in [0, 0.1) is 0 Å². The van der Waals surface area contributed by atoms with E-state index in [1.54, 1.807) is 17.8 Å². The quantitative estimate of drug-likeness (QED) is 0.241. The van der Waals surface area contributed by atoms with Crippen molar-refractivity contribution >= 4 is 51.7 Å². The van der Waals surface area contributed by atoms with E-state index in [0.29, 0.717) is 35.2 Å². The molecule has 1 aromatic heterocycles. The molecule has 10 nitrogen and oxygen atoms in total. The van der Waals surface area contributed by atoms with Gasteiger partial charge in [0.1, 0.15) is 13.5 Å². The molecule has 0 radical (unpaired) electrons. The number of aromatic nitrogens is 2. The van der Waals surface area contributed by atoms with Crippen LogP contribution in [0.1, 0.15) is 47.7 Å². The second-order valence-corrected chi connectivity index (χ2v) is 11.4. The van der Waals surface area contributed by atoms with Crippen LogP contribution in [0.25, 0.3) is 16.6 Å². The first kappa shape index (κ1) is 26.7. The summed E-state index contributed by atoms with van der Waals surface area (Å²) in [4.78, 5) is 24.7. The summed E-state index contributed by atoms with van der Waals surface area (Å²) >= 11 is 0. The number of fused-ring (bicyclic) bond motifs is 1. The normalized spacial score (nSPS) is 13.5. The van der Waals surface area contributed by atoms with Crippen LogP contribution in [0.3, 0.4) is 0 Å². The Morgan fingerprint density at radius 3 is 2.51 bits per heavy atom. The summed E-state index contributed by atoms with van der Waals surface area (Å²) in [7, 11) is -0.0556. The number of nitrogens with one attached hydrogen (secondary N) is 2. The average Bonchev–Trinajstić information content (AvgIpc) is 3.63. The number of hydrogen-bond donors (Lipinski definition) is 3. The van der Waals surface area contributed by atoms with Gasteiger partial charge in [-0.3, -0.25) is 13.9 Å². The summed E-state index contributed by atoms with van der Waals surface area (Å²) in [6.45, 7) is 0.808. The number of hydrogen-bond acceptors (Lipinski definition) is 6. The van der Waals surface area contributed by atoms with Crippen molar-refractivity contribution in [3.63, 3.8) is 0 Å². The molecule has 2 amide bonds. The summed E-state index contributed by atoms with van der Waals surface area (Å²) in [6.07, 6.45) is 3.75. The van der Waals surface area contributed by atoms with Gasteiger partial charge in [0.15, 0.2) is 0 Å². The molecule has 3 aromatic rings. The molecule has 37 heavy (non-hydrogen) atoms. The van der Waals surface area contributed by atoms with Crippen molar-refractivity contribution in [3.05, 3.63) is 47.7 Å². The molecule has 12 heteroatoms. The van der Waals surface area contributed by atoms with Gasteiger partial charge >= 0.3 is 0 Å². The number of benzene rings is 2. The van der Waals surface area contributed by atoms with E-state index in [-0.39, 0.29) is 37.2 Å². The number of anilines is 1. The summed E-state index contributed by atoms with van der Waals surface area (Å²) in [5, 5.41) is 10.9. The molecule has 0 bridgehead atoms. The van der Waals surface area contributed by atoms with E-state index >= 15 is 0 Å². The molecule has 1 heterocycles. The molecular weight excluding hydrogens is 491 g/mol. The topological polar surface area (TPSA) is 139 Å². The van der Waals surface area contributed by atoms with E-state index in [2.05, 4.69) is 10.6 Å². The Hall–Kier alpha value is -3.38. The van der Waals surface area contributed by atoms with Crippen molar-refractivity contribution in [3.8, 4) is 5.69 Å². The molecule has 0 atom stereocenters. The van der Waals surface area contributed by atoms with Gasteiger partial charge in [-0.1, -0.05) is 17.6 Å². The molecule has 196 valence electrons. The Bertz CT molecular complexity index is 1420. The van der Waals surface area contributed by atoms with Gasteiger partial charge in [0.25, 0.3) is 5.91 Å². The molecule has 0 spiro atoms. The highest BCUT2D eigenvalue weighted by molar-refractivity contribution is 7.92. The van der Waals surface area contributed by atoms with Crippen molar-refractivity contribution in [2.45, 2.75) is 31.6 Å². The van der Waals surface area contributed by atoms with Gasteiger partial charge < -0.3 is 16.4 Å². The average molecular weight is 524 g/mol. The summed E-state index contributed by atoms with van der Waals surface area (Å²) in [6, 6.07) is 11.4. The third kappa shape index (κ3) is 5.96. The zero-order valence-corrected chi connectivity index (χ0v) is 22.3. The number of rotatable bonds is 11. The van der Waals surface area contributed by atoms with Crippen LogP contribution in [-0.4, -0.2) is 70.8 Å². The molecule has 0 saturated heterocycles. The zero-order chi connectivity index (χ0) is 26.7. The van der Waals surface area contributed by atoms with Crippen molar-refractivity contribution in [2.75, 3.05) is 37.2 Å².